The molecule has 1 aliphatic heterocycles. The normalized spacial score (nSPS) is 15.2. The number of fused-ring (bicyclic) bond motifs is 1. The molecule has 0 bridgehead atoms. The highest BCUT2D eigenvalue weighted by molar-refractivity contribution is 5.73. The second-order valence-electron chi connectivity index (χ2n) is 7.22. The molecule has 1 aromatic carbocycles. The smallest absolute Gasteiger partial charge is 0.369 e. The van der Waals surface area contributed by atoms with E-state index in [-0.39, 0.29) is 17.6 Å². The van der Waals surface area contributed by atoms with Crippen LogP contribution in [0.1, 0.15) is 51.3 Å². The van der Waals surface area contributed by atoms with Crippen LogP contribution in [0.3, 0.4) is 0 Å². The minimum Gasteiger partial charge on any atom is -0.369 e. The summed E-state index contributed by atoms with van der Waals surface area (Å²) < 4.78 is 42.9. The first-order chi connectivity index (χ1) is 11.7. The van der Waals surface area contributed by atoms with Crippen molar-refractivity contribution in [1.82, 2.24) is 9.78 Å². The van der Waals surface area contributed by atoms with Gasteiger partial charge >= 0.3 is 6.18 Å². The van der Waals surface area contributed by atoms with Crippen molar-refractivity contribution in [3.8, 4) is 11.1 Å². The minimum atomic E-state index is -4.40. The Morgan fingerprint density at radius 2 is 1.80 bits per heavy atom. The molecule has 6 heteroatoms. The highest BCUT2D eigenvalue weighted by Crippen LogP contribution is 2.42. The summed E-state index contributed by atoms with van der Waals surface area (Å²) in [6.45, 7) is 8.74. The van der Waals surface area contributed by atoms with Gasteiger partial charge < -0.3 is 4.90 Å². The van der Waals surface area contributed by atoms with E-state index in [2.05, 4.69) is 10.00 Å². The van der Waals surface area contributed by atoms with Crippen LogP contribution in [0.25, 0.3) is 11.1 Å². The van der Waals surface area contributed by atoms with Crippen LogP contribution in [-0.4, -0.2) is 22.4 Å². The minimum absolute atomic E-state index is 0.108. The lowest BCUT2D eigenvalue weighted by atomic mass is 9.92. The molecule has 0 aliphatic carbocycles. The zero-order chi connectivity index (χ0) is 18.4. The van der Waals surface area contributed by atoms with Crippen LogP contribution in [0, 0.1) is 0 Å². The standard InChI is InChI=1S/C19H24F3N3/c1-12(2)24-7-5-6-14-8-16(15-10-23-25(11-15)13(3)4)17(9-18(14)24)19(20,21)22/h8-13H,5-7H2,1-4H3. The molecule has 136 valence electrons. The number of aromatic nitrogens is 2. The SMILES string of the molecule is CC(C)N1CCCc2cc(-c3cnn(C(C)C)c3)c(C(F)(F)F)cc21. The molecule has 1 aliphatic rings. The van der Waals surface area contributed by atoms with Gasteiger partial charge in [0.25, 0.3) is 0 Å². The van der Waals surface area contributed by atoms with Crippen molar-refractivity contribution in [3.63, 3.8) is 0 Å². The Kier molecular flexibility index (Phi) is 4.56. The molecule has 0 fully saturated rings. The van der Waals surface area contributed by atoms with E-state index in [1.165, 1.54) is 12.3 Å². The molecule has 0 spiro atoms. The molecule has 3 nitrogen and oxygen atoms in total. The predicted octanol–water partition coefficient (Wildman–Crippen LogP) is 5.31. The zero-order valence-corrected chi connectivity index (χ0v) is 15.1. The second kappa shape index (κ2) is 6.39. The quantitative estimate of drug-likeness (QED) is 0.747. The van der Waals surface area contributed by atoms with Gasteiger partial charge in [-0.3, -0.25) is 4.68 Å². The molecule has 2 aromatic rings. The molecule has 0 unspecified atom stereocenters. The monoisotopic (exact) mass is 351 g/mol. The average molecular weight is 351 g/mol. The third kappa shape index (κ3) is 3.39. The van der Waals surface area contributed by atoms with Crippen molar-refractivity contribution in [3.05, 3.63) is 35.7 Å². The average Bonchev–Trinajstić information content (AvgIpc) is 3.02. The van der Waals surface area contributed by atoms with Gasteiger partial charge in [0.05, 0.1) is 11.8 Å². The van der Waals surface area contributed by atoms with Gasteiger partial charge in [0.1, 0.15) is 0 Å². The Balaban J connectivity index is 2.17. The maximum absolute atomic E-state index is 13.8. The van der Waals surface area contributed by atoms with E-state index >= 15 is 0 Å². The van der Waals surface area contributed by atoms with Gasteiger partial charge in [-0.1, -0.05) is 0 Å². The van der Waals surface area contributed by atoms with Gasteiger partial charge in [-0.15, -0.1) is 0 Å². The molecule has 0 atom stereocenters. The number of hydrogen-bond acceptors (Lipinski definition) is 2. The maximum atomic E-state index is 13.8. The fourth-order valence-corrected chi connectivity index (χ4v) is 3.43. The van der Waals surface area contributed by atoms with E-state index in [0.29, 0.717) is 11.3 Å². The predicted molar refractivity (Wildman–Crippen MR) is 93.9 cm³/mol. The van der Waals surface area contributed by atoms with Crippen LogP contribution < -0.4 is 4.90 Å². The highest BCUT2D eigenvalue weighted by atomic mass is 19.4. The highest BCUT2D eigenvalue weighted by Gasteiger charge is 2.36. The van der Waals surface area contributed by atoms with Gasteiger partial charge in [-0.25, -0.2) is 0 Å². The number of anilines is 1. The van der Waals surface area contributed by atoms with Crippen molar-refractivity contribution in [2.75, 3.05) is 11.4 Å². The topological polar surface area (TPSA) is 21.1 Å². The van der Waals surface area contributed by atoms with Crippen molar-refractivity contribution >= 4 is 5.69 Å². The largest absolute Gasteiger partial charge is 0.417 e. The first kappa shape index (κ1) is 17.8. The molecule has 1 aromatic heterocycles. The molecule has 2 heterocycles. The van der Waals surface area contributed by atoms with E-state index in [0.717, 1.165) is 24.9 Å². The lowest BCUT2D eigenvalue weighted by molar-refractivity contribution is -0.137. The molecule has 0 saturated heterocycles. The number of hydrogen-bond donors (Lipinski definition) is 0. The second-order valence-corrected chi connectivity index (χ2v) is 7.22. The van der Waals surface area contributed by atoms with Gasteiger partial charge in [-0.05, 0) is 63.8 Å². The lowest BCUT2D eigenvalue weighted by Gasteiger charge is -2.35. The third-order valence-corrected chi connectivity index (χ3v) is 4.74. The summed E-state index contributed by atoms with van der Waals surface area (Å²) in [5.74, 6) is 0. The molecule has 0 amide bonds. The first-order valence-electron chi connectivity index (χ1n) is 8.73. The molecule has 3 rings (SSSR count). The van der Waals surface area contributed by atoms with Crippen LogP contribution in [0.4, 0.5) is 18.9 Å². The summed E-state index contributed by atoms with van der Waals surface area (Å²) in [4.78, 5) is 2.06. The first-order valence-corrected chi connectivity index (χ1v) is 8.73. The molecular weight excluding hydrogens is 327 g/mol. The Morgan fingerprint density at radius 3 is 2.36 bits per heavy atom. The summed E-state index contributed by atoms with van der Waals surface area (Å²) in [6, 6.07) is 3.33. The van der Waals surface area contributed by atoms with E-state index < -0.39 is 11.7 Å². The van der Waals surface area contributed by atoms with Crippen molar-refractivity contribution in [2.45, 2.75) is 58.8 Å². The van der Waals surface area contributed by atoms with Gasteiger partial charge in [0.2, 0.25) is 0 Å². The van der Waals surface area contributed by atoms with Crippen LogP contribution in [0.2, 0.25) is 0 Å². The van der Waals surface area contributed by atoms with E-state index in [1.807, 2.05) is 27.7 Å². The molecule has 25 heavy (non-hydrogen) atoms. The summed E-state index contributed by atoms with van der Waals surface area (Å²) in [7, 11) is 0. The number of halogens is 3. The Labute approximate surface area is 146 Å². The molecule has 0 saturated carbocycles. The van der Waals surface area contributed by atoms with Crippen molar-refractivity contribution < 1.29 is 13.2 Å². The van der Waals surface area contributed by atoms with Crippen LogP contribution in [-0.2, 0) is 12.6 Å². The third-order valence-electron chi connectivity index (χ3n) is 4.74. The van der Waals surface area contributed by atoms with E-state index in [1.54, 1.807) is 16.9 Å². The summed E-state index contributed by atoms with van der Waals surface area (Å²) >= 11 is 0. The van der Waals surface area contributed by atoms with E-state index in [9.17, 15) is 13.2 Å². The van der Waals surface area contributed by atoms with Gasteiger partial charge in [0.15, 0.2) is 0 Å². The number of benzene rings is 1. The Morgan fingerprint density at radius 1 is 1.08 bits per heavy atom. The summed E-state index contributed by atoms with van der Waals surface area (Å²) in [5.41, 5.74) is 1.87. The van der Waals surface area contributed by atoms with Gasteiger partial charge in [0, 0.05) is 36.1 Å². The Hall–Kier alpha value is -1.98. The Bertz CT molecular complexity index is 760. The van der Waals surface area contributed by atoms with Crippen LogP contribution >= 0.6 is 0 Å². The number of nitrogens with zero attached hydrogens (tertiary/aromatic N) is 3. The van der Waals surface area contributed by atoms with E-state index in [4.69, 9.17) is 0 Å². The van der Waals surface area contributed by atoms with Crippen LogP contribution in [0.15, 0.2) is 24.5 Å². The molecule has 0 radical (unpaired) electrons. The lowest BCUT2D eigenvalue weighted by Crippen LogP contribution is -2.35. The molecular formula is C19H24F3N3. The zero-order valence-electron chi connectivity index (χ0n) is 15.1. The summed E-state index contributed by atoms with van der Waals surface area (Å²) in [6.07, 6.45) is 0.596. The number of alkyl halides is 3. The summed E-state index contributed by atoms with van der Waals surface area (Å²) in [5, 5.41) is 4.21. The fourth-order valence-electron chi connectivity index (χ4n) is 3.43. The number of rotatable bonds is 3. The van der Waals surface area contributed by atoms with Gasteiger partial charge in [-0.2, -0.15) is 18.3 Å². The molecule has 0 N–H and O–H groups in total. The maximum Gasteiger partial charge on any atom is 0.417 e. The number of aryl methyl sites for hydroxylation is 1. The fraction of sp³-hybridized carbons (Fsp3) is 0.526. The van der Waals surface area contributed by atoms with Crippen molar-refractivity contribution in [2.24, 2.45) is 0 Å². The van der Waals surface area contributed by atoms with Crippen LogP contribution in [0.5, 0.6) is 0 Å². The van der Waals surface area contributed by atoms with Crippen molar-refractivity contribution in [1.29, 1.82) is 0 Å².